The molecule has 0 saturated heterocycles. The summed E-state index contributed by atoms with van der Waals surface area (Å²) in [5, 5.41) is 9.55. The molecule has 64 valence electrons. The molecule has 0 unspecified atom stereocenters. The maximum absolute atomic E-state index is 9.03. The molecule has 3 heteroatoms. The SMILES string of the molecule is Oc1ccc(C=CCCl)c(Cl)c1. The minimum absolute atomic E-state index is 0.169. The molecule has 0 aliphatic carbocycles. The van der Waals surface area contributed by atoms with Gasteiger partial charge in [0.15, 0.2) is 0 Å². The van der Waals surface area contributed by atoms with E-state index in [0.717, 1.165) is 5.56 Å². The first-order valence-electron chi connectivity index (χ1n) is 3.45. The lowest BCUT2D eigenvalue weighted by Crippen LogP contribution is -1.74. The molecule has 0 radical (unpaired) electrons. The van der Waals surface area contributed by atoms with Crippen LogP contribution < -0.4 is 0 Å². The number of allylic oxidation sites excluding steroid dienone is 1. The lowest BCUT2D eigenvalue weighted by atomic mass is 10.2. The molecule has 0 aliphatic heterocycles. The second-order valence-electron chi connectivity index (χ2n) is 2.26. The van der Waals surface area contributed by atoms with Crippen LogP contribution in [0.3, 0.4) is 0 Å². The summed E-state index contributed by atoms with van der Waals surface area (Å²) in [5.41, 5.74) is 0.857. The zero-order valence-corrected chi connectivity index (χ0v) is 7.81. The highest BCUT2D eigenvalue weighted by Gasteiger charge is 1.96. The Kier molecular flexibility index (Phi) is 3.45. The second kappa shape index (κ2) is 4.39. The minimum atomic E-state index is 0.169. The van der Waals surface area contributed by atoms with Gasteiger partial charge in [-0.3, -0.25) is 0 Å². The van der Waals surface area contributed by atoms with Crippen LogP contribution in [0.1, 0.15) is 5.56 Å². The number of hydrogen-bond donors (Lipinski definition) is 1. The van der Waals surface area contributed by atoms with E-state index in [0.29, 0.717) is 10.9 Å². The number of benzene rings is 1. The molecule has 1 N–H and O–H groups in total. The number of phenols is 1. The number of alkyl halides is 1. The van der Waals surface area contributed by atoms with Gasteiger partial charge in [-0.25, -0.2) is 0 Å². The van der Waals surface area contributed by atoms with E-state index >= 15 is 0 Å². The third kappa shape index (κ3) is 2.43. The summed E-state index contributed by atoms with van der Waals surface area (Å²) in [6, 6.07) is 4.82. The third-order valence-electron chi connectivity index (χ3n) is 1.37. The van der Waals surface area contributed by atoms with E-state index in [1.807, 2.05) is 6.08 Å². The highest BCUT2D eigenvalue weighted by molar-refractivity contribution is 6.32. The predicted molar refractivity (Wildman–Crippen MR) is 52.9 cm³/mol. The topological polar surface area (TPSA) is 20.2 Å². The molecule has 0 amide bonds. The van der Waals surface area contributed by atoms with Crippen LogP contribution in [-0.2, 0) is 0 Å². The van der Waals surface area contributed by atoms with Crippen LogP contribution in [0.2, 0.25) is 5.02 Å². The summed E-state index contributed by atoms with van der Waals surface area (Å²) in [4.78, 5) is 0. The molecular formula is C9H8Cl2O. The Morgan fingerprint density at radius 3 is 2.75 bits per heavy atom. The number of phenolic OH excluding ortho intramolecular Hbond substituents is 1. The molecule has 0 spiro atoms. The van der Waals surface area contributed by atoms with Gasteiger partial charge < -0.3 is 5.11 Å². The molecule has 0 saturated carbocycles. The Bertz CT molecular complexity index is 295. The van der Waals surface area contributed by atoms with Crippen molar-refractivity contribution in [2.24, 2.45) is 0 Å². The standard InChI is InChI=1S/C9H8Cl2O/c10-5-1-2-7-3-4-8(12)6-9(7)11/h1-4,6,12H,5H2. The average Bonchev–Trinajstić information content (AvgIpc) is 2.03. The van der Waals surface area contributed by atoms with Crippen LogP contribution in [0.4, 0.5) is 0 Å². The molecule has 0 atom stereocenters. The summed E-state index contributed by atoms with van der Waals surface area (Å²) in [5.74, 6) is 0.625. The van der Waals surface area contributed by atoms with Crippen molar-refractivity contribution in [3.63, 3.8) is 0 Å². The van der Waals surface area contributed by atoms with Gasteiger partial charge in [0.05, 0.1) is 5.02 Å². The van der Waals surface area contributed by atoms with Crippen molar-refractivity contribution in [3.8, 4) is 5.75 Å². The Labute approximate surface area is 81.2 Å². The largest absolute Gasteiger partial charge is 0.508 e. The van der Waals surface area contributed by atoms with E-state index in [1.165, 1.54) is 6.07 Å². The van der Waals surface area contributed by atoms with E-state index in [4.69, 9.17) is 28.3 Å². The van der Waals surface area contributed by atoms with Gasteiger partial charge in [0.1, 0.15) is 5.75 Å². The van der Waals surface area contributed by atoms with Crippen LogP contribution in [-0.4, -0.2) is 11.0 Å². The zero-order valence-electron chi connectivity index (χ0n) is 6.30. The average molecular weight is 203 g/mol. The summed E-state index contributed by atoms with van der Waals surface area (Å²) < 4.78 is 0. The number of rotatable bonds is 2. The molecule has 1 nitrogen and oxygen atoms in total. The van der Waals surface area contributed by atoms with Gasteiger partial charge in [-0.15, -0.1) is 11.6 Å². The van der Waals surface area contributed by atoms with E-state index in [9.17, 15) is 0 Å². The van der Waals surface area contributed by atoms with Gasteiger partial charge in [0, 0.05) is 5.88 Å². The van der Waals surface area contributed by atoms with Crippen LogP contribution >= 0.6 is 23.2 Å². The van der Waals surface area contributed by atoms with Crippen molar-refractivity contribution < 1.29 is 5.11 Å². The smallest absolute Gasteiger partial charge is 0.117 e. The van der Waals surface area contributed by atoms with Gasteiger partial charge in [-0.05, 0) is 23.8 Å². The second-order valence-corrected chi connectivity index (χ2v) is 2.98. The summed E-state index contributed by atoms with van der Waals surface area (Å²) in [6.45, 7) is 0. The summed E-state index contributed by atoms with van der Waals surface area (Å²) >= 11 is 11.3. The molecule has 0 aliphatic rings. The van der Waals surface area contributed by atoms with Gasteiger partial charge in [0.2, 0.25) is 0 Å². The maximum atomic E-state index is 9.03. The predicted octanol–water partition coefficient (Wildman–Crippen LogP) is 3.30. The lowest BCUT2D eigenvalue weighted by Gasteiger charge is -1.97. The first-order valence-corrected chi connectivity index (χ1v) is 4.36. The molecular weight excluding hydrogens is 195 g/mol. The molecule has 0 bridgehead atoms. The summed E-state index contributed by atoms with van der Waals surface area (Å²) in [6.07, 6.45) is 3.61. The fourth-order valence-corrected chi connectivity index (χ4v) is 1.15. The fraction of sp³-hybridized carbons (Fsp3) is 0.111. The van der Waals surface area contributed by atoms with Crippen molar-refractivity contribution in [3.05, 3.63) is 34.9 Å². The van der Waals surface area contributed by atoms with Crippen LogP contribution in [0.5, 0.6) is 5.75 Å². The van der Waals surface area contributed by atoms with Gasteiger partial charge in [-0.2, -0.15) is 0 Å². The highest BCUT2D eigenvalue weighted by atomic mass is 35.5. The monoisotopic (exact) mass is 202 g/mol. The molecule has 0 heterocycles. The molecule has 12 heavy (non-hydrogen) atoms. The van der Waals surface area contributed by atoms with Crippen molar-refractivity contribution in [2.45, 2.75) is 0 Å². The Hall–Kier alpha value is -0.660. The van der Waals surface area contributed by atoms with E-state index in [2.05, 4.69) is 0 Å². The summed E-state index contributed by atoms with van der Waals surface area (Å²) in [7, 11) is 0. The molecule has 1 aromatic carbocycles. The number of aromatic hydroxyl groups is 1. The van der Waals surface area contributed by atoms with Crippen LogP contribution in [0.15, 0.2) is 24.3 Å². The van der Waals surface area contributed by atoms with Crippen molar-refractivity contribution in [1.82, 2.24) is 0 Å². The van der Waals surface area contributed by atoms with Crippen LogP contribution in [0.25, 0.3) is 6.08 Å². The van der Waals surface area contributed by atoms with Crippen molar-refractivity contribution in [2.75, 3.05) is 5.88 Å². The van der Waals surface area contributed by atoms with E-state index in [1.54, 1.807) is 18.2 Å². The Balaban J connectivity index is 2.94. The fourth-order valence-electron chi connectivity index (χ4n) is 0.823. The quantitative estimate of drug-likeness (QED) is 0.731. The number of halogens is 2. The van der Waals surface area contributed by atoms with E-state index in [-0.39, 0.29) is 5.75 Å². The molecule has 1 rings (SSSR count). The van der Waals surface area contributed by atoms with Crippen LogP contribution in [0, 0.1) is 0 Å². The molecule has 1 aromatic rings. The zero-order chi connectivity index (χ0) is 8.97. The van der Waals surface area contributed by atoms with Gasteiger partial charge in [-0.1, -0.05) is 23.8 Å². The van der Waals surface area contributed by atoms with Gasteiger partial charge in [0.25, 0.3) is 0 Å². The third-order valence-corrected chi connectivity index (χ3v) is 1.88. The minimum Gasteiger partial charge on any atom is -0.508 e. The maximum Gasteiger partial charge on any atom is 0.117 e. The van der Waals surface area contributed by atoms with Crippen molar-refractivity contribution in [1.29, 1.82) is 0 Å². The molecule has 0 aromatic heterocycles. The van der Waals surface area contributed by atoms with E-state index < -0.39 is 0 Å². The first-order chi connectivity index (χ1) is 5.74. The highest BCUT2D eigenvalue weighted by Crippen LogP contribution is 2.22. The molecule has 0 fully saturated rings. The Morgan fingerprint density at radius 1 is 1.42 bits per heavy atom. The first kappa shape index (κ1) is 9.43. The number of hydrogen-bond acceptors (Lipinski definition) is 1. The van der Waals surface area contributed by atoms with Gasteiger partial charge >= 0.3 is 0 Å². The normalized spacial score (nSPS) is 10.8. The van der Waals surface area contributed by atoms with Crippen molar-refractivity contribution >= 4 is 29.3 Å². The lowest BCUT2D eigenvalue weighted by molar-refractivity contribution is 0.475. The Morgan fingerprint density at radius 2 is 2.17 bits per heavy atom.